The first-order valence-electron chi connectivity index (χ1n) is 7.25. The normalized spacial score (nSPS) is 23.9. The largest absolute Gasteiger partial charge is 0.350 e. The summed E-state index contributed by atoms with van der Waals surface area (Å²) in [5.41, 5.74) is 0.472. The minimum absolute atomic E-state index is 0.236. The molecule has 2 fully saturated rings. The molecule has 1 aromatic heterocycles. The first-order chi connectivity index (χ1) is 9.32. The van der Waals surface area contributed by atoms with Crippen LogP contribution in [0.4, 0.5) is 11.9 Å². The second kappa shape index (κ2) is 4.45. The van der Waals surface area contributed by atoms with E-state index in [0.717, 1.165) is 13.1 Å². The summed E-state index contributed by atoms with van der Waals surface area (Å²) in [6, 6.07) is 0.361. The predicted molar refractivity (Wildman–Crippen MR) is 81.3 cm³/mol. The van der Waals surface area contributed by atoms with Crippen LogP contribution in [0.25, 0.3) is 0 Å². The third-order valence-corrected chi connectivity index (χ3v) is 5.45. The molecule has 0 amide bonds. The molecular formula is C14H22ClN5. The van der Waals surface area contributed by atoms with E-state index in [1.54, 1.807) is 0 Å². The van der Waals surface area contributed by atoms with E-state index in [1.807, 2.05) is 0 Å². The third-order valence-electron chi connectivity index (χ3n) is 5.28. The summed E-state index contributed by atoms with van der Waals surface area (Å²) >= 11 is 6.05. The summed E-state index contributed by atoms with van der Waals surface area (Å²) in [5.74, 6) is 1.29. The second-order valence-electron chi connectivity index (χ2n) is 6.94. The monoisotopic (exact) mass is 295 g/mol. The van der Waals surface area contributed by atoms with Crippen molar-refractivity contribution in [3.05, 3.63) is 5.28 Å². The molecule has 0 atom stereocenters. The number of hydrogen-bond acceptors (Lipinski definition) is 5. The van der Waals surface area contributed by atoms with Crippen LogP contribution < -0.4 is 10.2 Å². The van der Waals surface area contributed by atoms with Gasteiger partial charge in [0.2, 0.25) is 17.2 Å². The lowest BCUT2D eigenvalue weighted by molar-refractivity contribution is 0.457. The molecule has 1 saturated carbocycles. The first kappa shape index (κ1) is 13.9. The molecule has 110 valence electrons. The lowest BCUT2D eigenvalue weighted by Gasteiger charge is -2.16. The molecular weight excluding hydrogens is 274 g/mol. The topological polar surface area (TPSA) is 53.9 Å². The first-order valence-corrected chi connectivity index (χ1v) is 7.63. The van der Waals surface area contributed by atoms with Crippen molar-refractivity contribution < 1.29 is 0 Å². The SMILES string of the molecule is CC1(C)C(Nc2nc(Cl)nc(N3CCCC3)n2)C1(C)C. The van der Waals surface area contributed by atoms with Gasteiger partial charge in [0.25, 0.3) is 0 Å². The second-order valence-corrected chi connectivity index (χ2v) is 7.28. The fraction of sp³-hybridized carbons (Fsp3) is 0.786. The van der Waals surface area contributed by atoms with Crippen LogP contribution in [-0.2, 0) is 0 Å². The van der Waals surface area contributed by atoms with E-state index >= 15 is 0 Å². The zero-order valence-corrected chi connectivity index (χ0v) is 13.3. The van der Waals surface area contributed by atoms with Gasteiger partial charge in [0.05, 0.1) is 0 Å². The number of halogens is 1. The van der Waals surface area contributed by atoms with Crippen LogP contribution in [0.1, 0.15) is 40.5 Å². The molecule has 3 rings (SSSR count). The molecule has 2 heterocycles. The van der Waals surface area contributed by atoms with Gasteiger partial charge in [0, 0.05) is 19.1 Å². The smallest absolute Gasteiger partial charge is 0.231 e. The Morgan fingerprint density at radius 2 is 1.65 bits per heavy atom. The fourth-order valence-corrected chi connectivity index (χ4v) is 3.30. The van der Waals surface area contributed by atoms with Crippen molar-refractivity contribution in [2.75, 3.05) is 23.3 Å². The standard InChI is InChI=1S/C14H22ClN5/c1-13(2)9(14(13,3)4)16-11-17-10(15)18-12(19-11)20-7-5-6-8-20/h9H,5-8H2,1-4H3,(H,16,17,18,19). The lowest BCUT2D eigenvalue weighted by Crippen LogP contribution is -2.22. The van der Waals surface area contributed by atoms with Crippen LogP contribution >= 0.6 is 11.6 Å². The van der Waals surface area contributed by atoms with Crippen LogP contribution in [0.5, 0.6) is 0 Å². The number of anilines is 2. The van der Waals surface area contributed by atoms with Gasteiger partial charge >= 0.3 is 0 Å². The maximum atomic E-state index is 6.05. The number of nitrogens with one attached hydrogen (secondary N) is 1. The summed E-state index contributed by atoms with van der Waals surface area (Å²) in [7, 11) is 0. The van der Waals surface area contributed by atoms with Gasteiger partial charge in [-0.15, -0.1) is 0 Å². The summed E-state index contributed by atoms with van der Waals surface area (Å²) < 4.78 is 0. The molecule has 0 bridgehead atoms. The van der Waals surface area contributed by atoms with Gasteiger partial charge in [-0.2, -0.15) is 15.0 Å². The van der Waals surface area contributed by atoms with Gasteiger partial charge in [0.15, 0.2) is 0 Å². The molecule has 0 aromatic carbocycles. The quantitative estimate of drug-likeness (QED) is 0.929. The zero-order valence-electron chi connectivity index (χ0n) is 12.6. The molecule has 1 aromatic rings. The molecule has 1 saturated heterocycles. The van der Waals surface area contributed by atoms with Crippen molar-refractivity contribution in [2.45, 2.75) is 46.6 Å². The van der Waals surface area contributed by atoms with Crippen LogP contribution in [-0.4, -0.2) is 34.1 Å². The molecule has 0 unspecified atom stereocenters. The minimum Gasteiger partial charge on any atom is -0.350 e. The molecule has 0 spiro atoms. The van der Waals surface area contributed by atoms with Gasteiger partial charge in [-0.3, -0.25) is 0 Å². The maximum absolute atomic E-state index is 6.05. The molecule has 0 radical (unpaired) electrons. The Hall–Kier alpha value is -1.10. The highest BCUT2D eigenvalue weighted by atomic mass is 35.5. The van der Waals surface area contributed by atoms with E-state index in [2.05, 4.69) is 52.9 Å². The van der Waals surface area contributed by atoms with Crippen LogP contribution in [0.3, 0.4) is 0 Å². The van der Waals surface area contributed by atoms with Crippen molar-refractivity contribution in [3.63, 3.8) is 0 Å². The Morgan fingerprint density at radius 3 is 2.20 bits per heavy atom. The summed E-state index contributed by atoms with van der Waals surface area (Å²) in [4.78, 5) is 15.2. The van der Waals surface area contributed by atoms with Crippen molar-refractivity contribution in [1.82, 2.24) is 15.0 Å². The summed E-state index contributed by atoms with van der Waals surface area (Å²) in [6.07, 6.45) is 2.38. The van der Waals surface area contributed by atoms with E-state index in [9.17, 15) is 0 Å². The molecule has 1 aliphatic carbocycles. The average molecular weight is 296 g/mol. The Balaban J connectivity index is 1.80. The number of hydrogen-bond donors (Lipinski definition) is 1. The highest BCUT2D eigenvalue weighted by molar-refractivity contribution is 6.28. The van der Waals surface area contributed by atoms with Gasteiger partial charge in [-0.1, -0.05) is 27.7 Å². The average Bonchev–Trinajstić information content (AvgIpc) is 2.81. The van der Waals surface area contributed by atoms with Crippen LogP contribution in [0.2, 0.25) is 5.28 Å². The Kier molecular flexibility index (Phi) is 3.08. The molecule has 5 nitrogen and oxygen atoms in total. The van der Waals surface area contributed by atoms with Gasteiger partial charge in [-0.25, -0.2) is 0 Å². The van der Waals surface area contributed by atoms with Gasteiger partial charge < -0.3 is 10.2 Å². The molecule has 1 N–H and O–H groups in total. The van der Waals surface area contributed by atoms with E-state index < -0.39 is 0 Å². The molecule has 6 heteroatoms. The number of aromatic nitrogens is 3. The summed E-state index contributed by atoms with van der Waals surface area (Å²) in [6.45, 7) is 11.0. The Morgan fingerprint density at radius 1 is 1.05 bits per heavy atom. The maximum Gasteiger partial charge on any atom is 0.231 e. The molecule has 2 aliphatic rings. The highest BCUT2D eigenvalue weighted by Crippen LogP contribution is 2.63. The van der Waals surface area contributed by atoms with E-state index in [4.69, 9.17) is 11.6 Å². The van der Waals surface area contributed by atoms with Gasteiger partial charge in [0.1, 0.15) is 0 Å². The van der Waals surface area contributed by atoms with Crippen molar-refractivity contribution in [1.29, 1.82) is 0 Å². The Labute approximate surface area is 125 Å². The zero-order chi connectivity index (χ0) is 14.5. The predicted octanol–water partition coefficient (Wildman–Crippen LogP) is 2.97. The fourth-order valence-electron chi connectivity index (χ4n) is 3.15. The summed E-state index contributed by atoms with van der Waals surface area (Å²) in [5, 5.41) is 3.69. The Bertz CT molecular complexity index is 508. The van der Waals surface area contributed by atoms with Crippen LogP contribution in [0, 0.1) is 10.8 Å². The van der Waals surface area contributed by atoms with Crippen molar-refractivity contribution in [3.8, 4) is 0 Å². The van der Waals surface area contributed by atoms with E-state index in [-0.39, 0.29) is 16.1 Å². The van der Waals surface area contributed by atoms with Crippen molar-refractivity contribution >= 4 is 23.5 Å². The number of nitrogens with zero attached hydrogens (tertiary/aromatic N) is 4. The van der Waals surface area contributed by atoms with E-state index in [0.29, 0.717) is 17.9 Å². The number of rotatable bonds is 3. The molecule has 20 heavy (non-hydrogen) atoms. The lowest BCUT2D eigenvalue weighted by atomic mass is 10.0. The molecule has 1 aliphatic heterocycles. The van der Waals surface area contributed by atoms with Crippen molar-refractivity contribution in [2.24, 2.45) is 10.8 Å². The van der Waals surface area contributed by atoms with Gasteiger partial charge in [-0.05, 0) is 35.3 Å². The highest BCUT2D eigenvalue weighted by Gasteiger charge is 2.65. The van der Waals surface area contributed by atoms with E-state index in [1.165, 1.54) is 12.8 Å². The third kappa shape index (κ3) is 2.12. The van der Waals surface area contributed by atoms with Crippen LogP contribution in [0.15, 0.2) is 0 Å². The minimum atomic E-state index is 0.236.